The molecule has 2 rings (SSSR count). The summed E-state index contributed by atoms with van der Waals surface area (Å²) in [6.07, 6.45) is 4.91. The van der Waals surface area contributed by atoms with Crippen molar-refractivity contribution in [2.75, 3.05) is 6.54 Å². The molecule has 110 valence electrons. The summed E-state index contributed by atoms with van der Waals surface area (Å²) in [6, 6.07) is 8.01. The average Bonchev–Trinajstić information content (AvgIpc) is 2.98. The Morgan fingerprint density at radius 3 is 2.35 bits per heavy atom. The van der Waals surface area contributed by atoms with Crippen molar-refractivity contribution in [1.29, 1.82) is 0 Å². The summed E-state index contributed by atoms with van der Waals surface area (Å²) in [6.45, 7) is 4.83. The number of nitrogens with two attached hydrogens (primary N) is 1. The van der Waals surface area contributed by atoms with Crippen LogP contribution in [0.4, 0.5) is 0 Å². The summed E-state index contributed by atoms with van der Waals surface area (Å²) in [5, 5.41) is 3.11. The molecule has 1 atom stereocenters. The minimum atomic E-state index is 0.00246. The van der Waals surface area contributed by atoms with Gasteiger partial charge < -0.3 is 11.1 Å². The van der Waals surface area contributed by atoms with Gasteiger partial charge in [-0.15, -0.1) is 0 Å². The van der Waals surface area contributed by atoms with Gasteiger partial charge in [-0.25, -0.2) is 0 Å². The third-order valence-electron chi connectivity index (χ3n) is 4.38. The smallest absolute Gasteiger partial charge is 0.251 e. The van der Waals surface area contributed by atoms with Crippen LogP contribution < -0.4 is 11.1 Å². The van der Waals surface area contributed by atoms with Gasteiger partial charge in [0.1, 0.15) is 0 Å². The SMILES string of the molecule is CC(C)c1ccc(C(=O)NC(CN)C2CCCC2)cc1. The number of hydrogen-bond donors (Lipinski definition) is 2. The lowest BCUT2D eigenvalue weighted by Crippen LogP contribution is -2.44. The van der Waals surface area contributed by atoms with Crippen molar-refractivity contribution >= 4 is 5.91 Å². The molecule has 3 N–H and O–H groups in total. The maximum absolute atomic E-state index is 12.3. The summed E-state index contributed by atoms with van der Waals surface area (Å²) >= 11 is 0. The molecule has 1 fully saturated rings. The van der Waals surface area contributed by atoms with E-state index in [0.717, 1.165) is 5.56 Å². The van der Waals surface area contributed by atoms with Gasteiger partial charge >= 0.3 is 0 Å². The van der Waals surface area contributed by atoms with Crippen molar-refractivity contribution < 1.29 is 4.79 Å². The summed E-state index contributed by atoms with van der Waals surface area (Å²) in [5.74, 6) is 1.05. The van der Waals surface area contributed by atoms with Gasteiger partial charge in [-0.1, -0.05) is 38.8 Å². The van der Waals surface area contributed by atoms with Crippen molar-refractivity contribution in [3.05, 3.63) is 35.4 Å². The second kappa shape index (κ2) is 6.89. The zero-order valence-electron chi connectivity index (χ0n) is 12.6. The number of rotatable bonds is 5. The van der Waals surface area contributed by atoms with Crippen LogP contribution in [0, 0.1) is 5.92 Å². The normalized spacial score (nSPS) is 17.4. The fourth-order valence-electron chi connectivity index (χ4n) is 3.00. The van der Waals surface area contributed by atoms with Crippen LogP contribution in [0.5, 0.6) is 0 Å². The van der Waals surface area contributed by atoms with Crippen molar-refractivity contribution in [3.63, 3.8) is 0 Å². The van der Waals surface area contributed by atoms with Crippen molar-refractivity contribution in [3.8, 4) is 0 Å². The van der Waals surface area contributed by atoms with E-state index in [-0.39, 0.29) is 11.9 Å². The first-order valence-electron chi connectivity index (χ1n) is 7.72. The zero-order valence-corrected chi connectivity index (χ0v) is 12.6. The van der Waals surface area contributed by atoms with Crippen LogP contribution in [0.25, 0.3) is 0 Å². The fourth-order valence-corrected chi connectivity index (χ4v) is 3.00. The highest BCUT2D eigenvalue weighted by atomic mass is 16.1. The minimum absolute atomic E-state index is 0.00246. The molecule has 0 bridgehead atoms. The molecule has 1 unspecified atom stereocenters. The van der Waals surface area contributed by atoms with Crippen LogP contribution in [0.15, 0.2) is 24.3 Å². The van der Waals surface area contributed by atoms with E-state index < -0.39 is 0 Å². The van der Waals surface area contributed by atoms with Gasteiger partial charge in [-0.05, 0) is 42.4 Å². The van der Waals surface area contributed by atoms with E-state index in [2.05, 4.69) is 19.2 Å². The number of nitrogens with one attached hydrogen (secondary N) is 1. The van der Waals surface area contributed by atoms with Crippen LogP contribution in [0.1, 0.15) is 61.4 Å². The van der Waals surface area contributed by atoms with Crippen LogP contribution in [-0.4, -0.2) is 18.5 Å². The number of amides is 1. The lowest BCUT2D eigenvalue weighted by atomic mass is 9.97. The monoisotopic (exact) mass is 274 g/mol. The molecule has 1 aromatic rings. The Morgan fingerprint density at radius 1 is 1.25 bits per heavy atom. The second-order valence-corrected chi connectivity index (χ2v) is 6.14. The average molecular weight is 274 g/mol. The van der Waals surface area contributed by atoms with E-state index in [0.29, 0.717) is 18.4 Å². The molecule has 0 heterocycles. The lowest BCUT2D eigenvalue weighted by molar-refractivity contribution is 0.0924. The van der Waals surface area contributed by atoms with E-state index in [1.807, 2.05) is 24.3 Å². The quantitative estimate of drug-likeness (QED) is 0.867. The van der Waals surface area contributed by atoms with E-state index in [1.54, 1.807) is 0 Å². The maximum Gasteiger partial charge on any atom is 0.251 e. The van der Waals surface area contributed by atoms with Crippen LogP contribution in [0.2, 0.25) is 0 Å². The van der Waals surface area contributed by atoms with Crippen molar-refractivity contribution in [1.82, 2.24) is 5.32 Å². The van der Waals surface area contributed by atoms with Crippen molar-refractivity contribution in [2.24, 2.45) is 11.7 Å². The van der Waals surface area contributed by atoms with Gasteiger partial charge in [-0.3, -0.25) is 4.79 Å². The molecule has 1 aliphatic rings. The highest BCUT2D eigenvalue weighted by molar-refractivity contribution is 5.94. The van der Waals surface area contributed by atoms with E-state index in [4.69, 9.17) is 5.73 Å². The molecule has 0 spiro atoms. The molecule has 0 aliphatic heterocycles. The van der Waals surface area contributed by atoms with Crippen LogP contribution in [0.3, 0.4) is 0 Å². The summed E-state index contributed by atoms with van der Waals surface area (Å²) in [4.78, 5) is 12.3. The Morgan fingerprint density at radius 2 is 1.85 bits per heavy atom. The Labute approximate surface area is 121 Å². The first-order valence-corrected chi connectivity index (χ1v) is 7.72. The van der Waals surface area contributed by atoms with E-state index >= 15 is 0 Å². The summed E-state index contributed by atoms with van der Waals surface area (Å²) in [7, 11) is 0. The van der Waals surface area contributed by atoms with Gasteiger partial charge in [-0.2, -0.15) is 0 Å². The third kappa shape index (κ3) is 3.60. The fraction of sp³-hybridized carbons (Fsp3) is 0.588. The molecule has 3 heteroatoms. The van der Waals surface area contributed by atoms with E-state index in [9.17, 15) is 4.79 Å². The molecule has 1 aromatic carbocycles. The first-order chi connectivity index (χ1) is 9.61. The Balaban J connectivity index is 1.99. The molecule has 20 heavy (non-hydrogen) atoms. The number of carbonyl (C=O) groups excluding carboxylic acids is 1. The minimum Gasteiger partial charge on any atom is -0.348 e. The first kappa shape index (κ1) is 15.0. The Hall–Kier alpha value is -1.35. The summed E-state index contributed by atoms with van der Waals surface area (Å²) < 4.78 is 0. The number of benzene rings is 1. The summed E-state index contributed by atoms with van der Waals surface area (Å²) in [5.41, 5.74) is 7.81. The van der Waals surface area contributed by atoms with Crippen molar-refractivity contribution in [2.45, 2.75) is 51.5 Å². The predicted molar refractivity (Wildman–Crippen MR) is 82.8 cm³/mol. The molecule has 0 saturated heterocycles. The Bertz CT molecular complexity index is 433. The molecular formula is C17H26N2O. The molecule has 1 saturated carbocycles. The van der Waals surface area contributed by atoms with Crippen LogP contribution in [-0.2, 0) is 0 Å². The number of hydrogen-bond acceptors (Lipinski definition) is 2. The lowest BCUT2D eigenvalue weighted by Gasteiger charge is -2.23. The topological polar surface area (TPSA) is 55.1 Å². The maximum atomic E-state index is 12.3. The molecule has 0 aromatic heterocycles. The molecule has 1 aliphatic carbocycles. The number of carbonyl (C=O) groups is 1. The van der Waals surface area contributed by atoms with Gasteiger partial charge in [0.25, 0.3) is 5.91 Å². The third-order valence-corrected chi connectivity index (χ3v) is 4.38. The van der Waals surface area contributed by atoms with Gasteiger partial charge in [0.2, 0.25) is 0 Å². The van der Waals surface area contributed by atoms with Gasteiger partial charge in [0.05, 0.1) is 0 Å². The standard InChI is InChI=1S/C17H26N2O/c1-12(2)13-7-9-15(10-8-13)17(20)19-16(11-18)14-5-3-4-6-14/h7-10,12,14,16H,3-6,11,18H2,1-2H3,(H,19,20). The highest BCUT2D eigenvalue weighted by Crippen LogP contribution is 2.27. The second-order valence-electron chi connectivity index (χ2n) is 6.14. The van der Waals surface area contributed by atoms with E-state index in [1.165, 1.54) is 31.2 Å². The molecule has 1 amide bonds. The molecule has 0 radical (unpaired) electrons. The Kier molecular flexibility index (Phi) is 5.18. The largest absolute Gasteiger partial charge is 0.348 e. The molecule has 3 nitrogen and oxygen atoms in total. The highest BCUT2D eigenvalue weighted by Gasteiger charge is 2.25. The van der Waals surface area contributed by atoms with Gasteiger partial charge in [0.15, 0.2) is 0 Å². The zero-order chi connectivity index (χ0) is 14.5. The predicted octanol–water partition coefficient (Wildman–Crippen LogP) is 3.06. The van der Waals surface area contributed by atoms with Crippen LogP contribution >= 0.6 is 0 Å². The molecular weight excluding hydrogens is 248 g/mol. The van der Waals surface area contributed by atoms with Gasteiger partial charge in [0, 0.05) is 18.2 Å².